The molecule has 162 valence electrons. The van der Waals surface area contributed by atoms with Crippen LogP contribution in [0.25, 0.3) is 0 Å². The van der Waals surface area contributed by atoms with E-state index in [9.17, 15) is 9.59 Å². The van der Waals surface area contributed by atoms with Gasteiger partial charge in [-0.2, -0.15) is 0 Å². The van der Waals surface area contributed by atoms with Crippen molar-refractivity contribution in [3.63, 3.8) is 0 Å². The fraction of sp³-hybridized carbons (Fsp3) is 0.478. The largest absolute Gasteiger partial charge is 0.490 e. The van der Waals surface area contributed by atoms with Gasteiger partial charge in [0.25, 0.3) is 11.8 Å². The van der Waals surface area contributed by atoms with Crippen LogP contribution >= 0.6 is 0 Å². The van der Waals surface area contributed by atoms with Gasteiger partial charge in [-0.15, -0.1) is 0 Å². The molecule has 0 bridgehead atoms. The van der Waals surface area contributed by atoms with Gasteiger partial charge in [-0.3, -0.25) is 9.59 Å². The van der Waals surface area contributed by atoms with Gasteiger partial charge in [0.1, 0.15) is 0 Å². The van der Waals surface area contributed by atoms with Crippen LogP contribution in [0.2, 0.25) is 0 Å². The normalized spacial score (nSPS) is 13.8. The lowest BCUT2D eigenvalue weighted by Gasteiger charge is -2.26. The molecule has 0 atom stereocenters. The van der Waals surface area contributed by atoms with E-state index in [0.717, 1.165) is 37.3 Å². The smallest absolute Gasteiger partial charge is 0.260 e. The van der Waals surface area contributed by atoms with Crippen LogP contribution in [0.3, 0.4) is 0 Å². The van der Waals surface area contributed by atoms with E-state index >= 15 is 0 Å². The number of nitrogens with one attached hydrogen (secondary N) is 1. The van der Waals surface area contributed by atoms with E-state index in [1.54, 1.807) is 18.2 Å². The van der Waals surface area contributed by atoms with Gasteiger partial charge < -0.3 is 24.3 Å². The second-order valence-electron chi connectivity index (χ2n) is 7.53. The third-order valence-corrected chi connectivity index (χ3v) is 5.47. The molecule has 2 amide bonds. The van der Waals surface area contributed by atoms with E-state index in [2.05, 4.69) is 5.32 Å². The van der Waals surface area contributed by atoms with E-state index in [-0.39, 0.29) is 18.4 Å². The highest BCUT2D eigenvalue weighted by atomic mass is 16.5. The zero-order valence-corrected chi connectivity index (χ0v) is 18.1. The second-order valence-corrected chi connectivity index (χ2v) is 7.53. The molecule has 1 N–H and O–H groups in total. The standard InChI is InChI=1S/C23H31N3O4/c1-4-29-21-14-18(23(28)24-15-19-10-8-17(2)25(19)3)9-11-20(21)30-16-22(27)26-12-6-5-7-13-26/h8-11,14H,4-7,12-13,15-16H2,1-3H3,(H,24,28). The maximum absolute atomic E-state index is 12.6. The molecule has 0 aliphatic carbocycles. The van der Waals surface area contributed by atoms with Crippen LogP contribution in [0, 0.1) is 6.92 Å². The summed E-state index contributed by atoms with van der Waals surface area (Å²) in [7, 11) is 1.97. The van der Waals surface area contributed by atoms with Crippen LogP contribution in [0.1, 0.15) is 47.9 Å². The number of hydrogen-bond donors (Lipinski definition) is 1. The molecule has 1 aliphatic rings. The minimum atomic E-state index is -0.189. The minimum Gasteiger partial charge on any atom is -0.490 e. The van der Waals surface area contributed by atoms with Gasteiger partial charge >= 0.3 is 0 Å². The summed E-state index contributed by atoms with van der Waals surface area (Å²) >= 11 is 0. The lowest BCUT2D eigenvalue weighted by Crippen LogP contribution is -2.38. The van der Waals surface area contributed by atoms with E-state index in [1.807, 2.05) is 42.5 Å². The molecule has 7 nitrogen and oxygen atoms in total. The number of piperidine rings is 1. The quantitative estimate of drug-likeness (QED) is 0.722. The first-order chi connectivity index (χ1) is 14.5. The summed E-state index contributed by atoms with van der Waals surface area (Å²) in [5, 5.41) is 2.93. The average molecular weight is 414 g/mol. The van der Waals surface area contributed by atoms with Crippen molar-refractivity contribution < 1.29 is 19.1 Å². The molecule has 0 spiro atoms. The molecule has 0 unspecified atom stereocenters. The summed E-state index contributed by atoms with van der Waals surface area (Å²) in [6.07, 6.45) is 3.26. The van der Waals surface area contributed by atoms with Gasteiger partial charge in [-0.05, 0) is 63.4 Å². The lowest BCUT2D eigenvalue weighted by atomic mass is 10.1. The van der Waals surface area contributed by atoms with Crippen molar-refractivity contribution in [2.75, 3.05) is 26.3 Å². The van der Waals surface area contributed by atoms with Gasteiger partial charge in [0.2, 0.25) is 0 Å². The van der Waals surface area contributed by atoms with Crippen molar-refractivity contribution >= 4 is 11.8 Å². The Morgan fingerprint density at radius 1 is 1.03 bits per heavy atom. The number of amides is 2. The topological polar surface area (TPSA) is 72.8 Å². The van der Waals surface area contributed by atoms with Crippen LogP contribution in [-0.4, -0.2) is 47.6 Å². The molecule has 0 radical (unpaired) electrons. The van der Waals surface area contributed by atoms with Crippen molar-refractivity contribution in [1.29, 1.82) is 0 Å². The zero-order chi connectivity index (χ0) is 21.5. The second kappa shape index (κ2) is 10.2. The van der Waals surface area contributed by atoms with Gasteiger partial charge in [0.15, 0.2) is 18.1 Å². The molecule has 1 fully saturated rings. The number of carbonyl (C=O) groups is 2. The zero-order valence-electron chi connectivity index (χ0n) is 18.1. The highest BCUT2D eigenvalue weighted by molar-refractivity contribution is 5.94. The Labute approximate surface area is 178 Å². The Balaban J connectivity index is 1.62. The molecular weight excluding hydrogens is 382 g/mol. The molecule has 2 heterocycles. The Morgan fingerprint density at radius 3 is 2.47 bits per heavy atom. The summed E-state index contributed by atoms with van der Waals surface area (Å²) in [5.74, 6) is 0.728. The van der Waals surface area contributed by atoms with Crippen molar-refractivity contribution in [2.45, 2.75) is 39.7 Å². The summed E-state index contributed by atoms with van der Waals surface area (Å²) in [5.41, 5.74) is 2.65. The number of ether oxygens (including phenoxy) is 2. The molecule has 1 saturated heterocycles. The fourth-order valence-electron chi connectivity index (χ4n) is 3.53. The van der Waals surface area contributed by atoms with E-state index in [4.69, 9.17) is 9.47 Å². The van der Waals surface area contributed by atoms with Crippen molar-refractivity contribution in [3.05, 3.63) is 47.3 Å². The van der Waals surface area contributed by atoms with E-state index in [0.29, 0.717) is 30.2 Å². The van der Waals surface area contributed by atoms with Gasteiger partial charge in [-0.25, -0.2) is 0 Å². The van der Waals surface area contributed by atoms with E-state index in [1.165, 1.54) is 6.42 Å². The minimum absolute atomic E-state index is 0.0168. The lowest BCUT2D eigenvalue weighted by molar-refractivity contribution is -0.134. The Bertz CT molecular complexity index is 885. The maximum atomic E-state index is 12.6. The first-order valence-corrected chi connectivity index (χ1v) is 10.6. The predicted octanol–water partition coefficient (Wildman–Crippen LogP) is 3.05. The number of nitrogens with zero attached hydrogens (tertiary/aromatic N) is 2. The molecule has 0 saturated carbocycles. The highest BCUT2D eigenvalue weighted by Gasteiger charge is 2.18. The van der Waals surface area contributed by atoms with Crippen LogP contribution in [-0.2, 0) is 18.4 Å². The molecule has 1 aliphatic heterocycles. The monoisotopic (exact) mass is 413 g/mol. The summed E-state index contributed by atoms with van der Waals surface area (Å²) < 4.78 is 13.4. The highest BCUT2D eigenvalue weighted by Crippen LogP contribution is 2.29. The van der Waals surface area contributed by atoms with Crippen LogP contribution in [0.5, 0.6) is 11.5 Å². The number of likely N-dealkylation sites (tertiary alicyclic amines) is 1. The third kappa shape index (κ3) is 5.34. The number of carbonyl (C=O) groups excluding carboxylic acids is 2. The van der Waals surface area contributed by atoms with Crippen molar-refractivity contribution in [2.24, 2.45) is 7.05 Å². The summed E-state index contributed by atoms with van der Waals surface area (Å²) in [4.78, 5) is 26.8. The fourth-order valence-corrected chi connectivity index (χ4v) is 3.53. The van der Waals surface area contributed by atoms with Gasteiger partial charge in [0.05, 0.1) is 13.2 Å². The van der Waals surface area contributed by atoms with Crippen molar-refractivity contribution in [3.8, 4) is 11.5 Å². The first kappa shape index (κ1) is 21.7. The first-order valence-electron chi connectivity index (χ1n) is 10.6. The van der Waals surface area contributed by atoms with Crippen LogP contribution in [0.15, 0.2) is 30.3 Å². The summed E-state index contributed by atoms with van der Waals surface area (Å²) in [6.45, 7) is 6.32. The maximum Gasteiger partial charge on any atom is 0.260 e. The molecule has 30 heavy (non-hydrogen) atoms. The number of aromatic nitrogens is 1. The number of benzene rings is 1. The van der Waals surface area contributed by atoms with E-state index < -0.39 is 0 Å². The Morgan fingerprint density at radius 2 is 1.80 bits per heavy atom. The molecule has 1 aromatic heterocycles. The molecular formula is C23H31N3O4. The van der Waals surface area contributed by atoms with Gasteiger partial charge in [-0.1, -0.05) is 0 Å². The van der Waals surface area contributed by atoms with Crippen molar-refractivity contribution in [1.82, 2.24) is 14.8 Å². The molecule has 7 heteroatoms. The summed E-state index contributed by atoms with van der Waals surface area (Å²) in [6, 6.07) is 9.06. The number of aryl methyl sites for hydroxylation is 1. The van der Waals surface area contributed by atoms with Crippen LogP contribution < -0.4 is 14.8 Å². The third-order valence-electron chi connectivity index (χ3n) is 5.47. The number of rotatable bonds is 8. The average Bonchev–Trinajstić information content (AvgIpc) is 3.09. The SMILES string of the molecule is CCOc1cc(C(=O)NCc2ccc(C)n2C)ccc1OCC(=O)N1CCCCC1. The Kier molecular flexibility index (Phi) is 7.38. The molecule has 2 aromatic rings. The van der Waals surface area contributed by atoms with Gasteiger partial charge in [0, 0.05) is 37.1 Å². The molecule has 3 rings (SSSR count). The van der Waals surface area contributed by atoms with Crippen LogP contribution in [0.4, 0.5) is 0 Å². The predicted molar refractivity (Wildman–Crippen MR) is 115 cm³/mol. The number of hydrogen-bond acceptors (Lipinski definition) is 4. The Hall–Kier alpha value is -2.96. The molecule has 1 aromatic carbocycles.